The number of hydrogen-bond acceptors (Lipinski definition) is 5. The lowest BCUT2D eigenvalue weighted by atomic mass is 9.97. The molecule has 136 valence electrons. The number of halogens is 1. The van der Waals surface area contributed by atoms with Crippen molar-refractivity contribution in [1.82, 2.24) is 4.98 Å². The molecule has 27 heavy (non-hydrogen) atoms. The Morgan fingerprint density at radius 2 is 1.85 bits per heavy atom. The minimum Gasteiger partial charge on any atom is -0.497 e. The van der Waals surface area contributed by atoms with Gasteiger partial charge in [-0.2, -0.15) is 5.26 Å². The molecule has 1 aromatic heterocycles. The van der Waals surface area contributed by atoms with Crippen LogP contribution in [0.15, 0.2) is 60.7 Å². The zero-order chi connectivity index (χ0) is 19.2. The second-order valence-corrected chi connectivity index (χ2v) is 5.76. The summed E-state index contributed by atoms with van der Waals surface area (Å²) in [5.74, 6) is 1.33. The van der Waals surface area contributed by atoms with E-state index < -0.39 is 6.04 Å². The predicted octanol–water partition coefficient (Wildman–Crippen LogP) is 4.31. The monoisotopic (exact) mass is 363 g/mol. The topological polar surface area (TPSA) is 67.2 Å². The molecule has 5 nitrogen and oxygen atoms in total. The number of pyridine rings is 1. The number of methoxy groups -OCH3 is 2. The molecule has 3 aromatic rings. The van der Waals surface area contributed by atoms with Crippen LogP contribution in [0.5, 0.6) is 11.5 Å². The molecule has 0 aliphatic carbocycles. The Morgan fingerprint density at radius 3 is 2.59 bits per heavy atom. The highest BCUT2D eigenvalue weighted by molar-refractivity contribution is 5.51. The van der Waals surface area contributed by atoms with Crippen LogP contribution in [0.2, 0.25) is 0 Å². The van der Waals surface area contributed by atoms with Gasteiger partial charge in [-0.15, -0.1) is 0 Å². The van der Waals surface area contributed by atoms with Crippen LogP contribution in [0.25, 0.3) is 0 Å². The van der Waals surface area contributed by atoms with E-state index in [1.807, 2.05) is 30.3 Å². The van der Waals surface area contributed by atoms with Crippen molar-refractivity contribution in [2.24, 2.45) is 0 Å². The molecule has 1 N–H and O–H groups in total. The van der Waals surface area contributed by atoms with E-state index in [1.54, 1.807) is 31.4 Å². The van der Waals surface area contributed by atoms with Crippen molar-refractivity contribution < 1.29 is 13.9 Å². The largest absolute Gasteiger partial charge is 0.497 e. The molecule has 1 atom stereocenters. The number of anilines is 1. The standard InChI is InChI=1S/C21H18FN3O2/c1-26-17-7-3-5-14(11-17)21(18-12-15(22)9-10-19(18)27-2)25-20-8-4-6-16(13-23)24-20/h3-12,21H,1-2H3,(H,24,25). The van der Waals surface area contributed by atoms with Gasteiger partial charge >= 0.3 is 0 Å². The second kappa shape index (κ2) is 8.19. The van der Waals surface area contributed by atoms with Crippen molar-refractivity contribution in [2.45, 2.75) is 6.04 Å². The lowest BCUT2D eigenvalue weighted by Gasteiger charge is -2.23. The predicted molar refractivity (Wildman–Crippen MR) is 100 cm³/mol. The highest BCUT2D eigenvalue weighted by atomic mass is 19.1. The maximum Gasteiger partial charge on any atom is 0.142 e. The van der Waals surface area contributed by atoms with Crippen LogP contribution >= 0.6 is 0 Å². The Kier molecular flexibility index (Phi) is 5.53. The summed E-state index contributed by atoms with van der Waals surface area (Å²) in [6.07, 6.45) is 0. The second-order valence-electron chi connectivity index (χ2n) is 5.76. The zero-order valence-electron chi connectivity index (χ0n) is 14.9. The number of rotatable bonds is 6. The summed E-state index contributed by atoms with van der Waals surface area (Å²) < 4.78 is 24.7. The Hall–Kier alpha value is -3.59. The molecule has 1 unspecified atom stereocenters. The van der Waals surface area contributed by atoms with Gasteiger partial charge in [-0.25, -0.2) is 9.37 Å². The van der Waals surface area contributed by atoms with E-state index >= 15 is 0 Å². The summed E-state index contributed by atoms with van der Waals surface area (Å²) in [4.78, 5) is 4.26. The van der Waals surface area contributed by atoms with Crippen LogP contribution in [0, 0.1) is 17.1 Å². The van der Waals surface area contributed by atoms with Crippen LogP contribution in [0.4, 0.5) is 10.2 Å². The summed E-state index contributed by atoms with van der Waals surface area (Å²) in [6, 6.07) is 18.4. The number of benzene rings is 2. The van der Waals surface area contributed by atoms with Gasteiger partial charge in [-0.1, -0.05) is 18.2 Å². The molecule has 0 aliphatic heterocycles. The van der Waals surface area contributed by atoms with Crippen molar-refractivity contribution in [1.29, 1.82) is 5.26 Å². The van der Waals surface area contributed by atoms with Crippen molar-refractivity contribution >= 4 is 5.82 Å². The van der Waals surface area contributed by atoms with Crippen LogP contribution in [0.3, 0.4) is 0 Å². The van der Waals surface area contributed by atoms with Gasteiger partial charge < -0.3 is 14.8 Å². The van der Waals surface area contributed by atoms with Crippen molar-refractivity contribution in [3.8, 4) is 17.6 Å². The van der Waals surface area contributed by atoms with Crippen molar-refractivity contribution in [2.75, 3.05) is 19.5 Å². The number of nitriles is 1. The first kappa shape index (κ1) is 18.2. The Morgan fingerprint density at radius 1 is 1.04 bits per heavy atom. The smallest absolute Gasteiger partial charge is 0.142 e. The Balaban J connectivity index is 2.11. The fraction of sp³-hybridized carbons (Fsp3) is 0.143. The fourth-order valence-electron chi connectivity index (χ4n) is 2.82. The number of hydrogen-bond donors (Lipinski definition) is 1. The molecule has 3 rings (SSSR count). The first-order chi connectivity index (χ1) is 13.1. The van der Waals surface area contributed by atoms with E-state index in [2.05, 4.69) is 10.3 Å². The van der Waals surface area contributed by atoms with Crippen LogP contribution < -0.4 is 14.8 Å². The van der Waals surface area contributed by atoms with E-state index in [0.717, 1.165) is 5.56 Å². The summed E-state index contributed by atoms with van der Waals surface area (Å²) in [6.45, 7) is 0. The first-order valence-corrected chi connectivity index (χ1v) is 8.25. The summed E-state index contributed by atoms with van der Waals surface area (Å²) in [5, 5.41) is 12.4. The Bertz CT molecular complexity index is 985. The van der Waals surface area contributed by atoms with Gasteiger partial charge in [0.25, 0.3) is 0 Å². The van der Waals surface area contributed by atoms with Crippen LogP contribution in [-0.2, 0) is 0 Å². The zero-order valence-corrected chi connectivity index (χ0v) is 14.9. The van der Waals surface area contributed by atoms with Crippen molar-refractivity contribution in [3.05, 3.63) is 83.3 Å². The normalized spacial score (nSPS) is 11.3. The molecular formula is C21H18FN3O2. The maximum atomic E-state index is 14.0. The average molecular weight is 363 g/mol. The lowest BCUT2D eigenvalue weighted by molar-refractivity contribution is 0.406. The van der Waals surface area contributed by atoms with E-state index in [-0.39, 0.29) is 11.5 Å². The molecule has 0 bridgehead atoms. The molecule has 0 saturated carbocycles. The maximum absolute atomic E-state index is 14.0. The summed E-state index contributed by atoms with van der Waals surface area (Å²) >= 11 is 0. The molecule has 6 heteroatoms. The number of ether oxygens (including phenoxy) is 2. The summed E-state index contributed by atoms with van der Waals surface area (Å²) in [7, 11) is 3.12. The van der Waals surface area contributed by atoms with E-state index in [0.29, 0.717) is 22.9 Å². The first-order valence-electron chi connectivity index (χ1n) is 8.25. The van der Waals surface area contributed by atoms with E-state index in [4.69, 9.17) is 14.7 Å². The third kappa shape index (κ3) is 4.15. The molecular weight excluding hydrogens is 345 g/mol. The molecule has 0 amide bonds. The van der Waals surface area contributed by atoms with Gasteiger partial charge in [-0.3, -0.25) is 0 Å². The third-order valence-corrected chi connectivity index (χ3v) is 4.09. The highest BCUT2D eigenvalue weighted by Gasteiger charge is 2.20. The average Bonchev–Trinajstić information content (AvgIpc) is 2.72. The van der Waals surface area contributed by atoms with Gasteiger partial charge in [0.2, 0.25) is 0 Å². The quantitative estimate of drug-likeness (QED) is 0.707. The van der Waals surface area contributed by atoms with Crippen molar-refractivity contribution in [3.63, 3.8) is 0 Å². The van der Waals surface area contributed by atoms with Gasteiger partial charge in [-0.05, 0) is 48.0 Å². The lowest BCUT2D eigenvalue weighted by Crippen LogP contribution is -2.15. The number of nitrogens with one attached hydrogen (secondary N) is 1. The van der Waals surface area contributed by atoms with Gasteiger partial charge in [0.1, 0.15) is 34.9 Å². The minimum atomic E-state index is -0.466. The molecule has 0 fully saturated rings. The fourth-order valence-corrected chi connectivity index (χ4v) is 2.82. The summed E-state index contributed by atoms with van der Waals surface area (Å²) in [5.41, 5.74) is 1.73. The van der Waals surface area contributed by atoms with E-state index in [1.165, 1.54) is 19.2 Å². The van der Waals surface area contributed by atoms with Gasteiger partial charge in [0, 0.05) is 5.56 Å². The third-order valence-electron chi connectivity index (χ3n) is 4.09. The molecule has 0 spiro atoms. The molecule has 0 aliphatic rings. The molecule has 1 heterocycles. The SMILES string of the molecule is COc1cccc(C(Nc2cccc(C#N)n2)c2cc(F)ccc2OC)c1. The van der Waals surface area contributed by atoms with Gasteiger partial charge in [0.05, 0.1) is 20.3 Å². The molecule has 0 radical (unpaired) electrons. The molecule has 2 aromatic carbocycles. The van der Waals surface area contributed by atoms with Gasteiger partial charge in [0.15, 0.2) is 0 Å². The molecule has 0 saturated heterocycles. The van der Waals surface area contributed by atoms with E-state index in [9.17, 15) is 4.39 Å². The Labute approximate surface area is 157 Å². The minimum absolute atomic E-state index is 0.288. The van der Waals surface area contributed by atoms with Crippen LogP contribution in [0.1, 0.15) is 22.9 Å². The van der Waals surface area contributed by atoms with Crippen LogP contribution in [-0.4, -0.2) is 19.2 Å². The highest BCUT2D eigenvalue weighted by Crippen LogP contribution is 2.34. The number of aromatic nitrogens is 1. The number of nitrogens with zero attached hydrogens (tertiary/aromatic N) is 2.